The zero-order chi connectivity index (χ0) is 22.1. The van der Waals surface area contributed by atoms with Crippen molar-refractivity contribution in [3.63, 3.8) is 0 Å². The fraction of sp³-hybridized carbons (Fsp3) is 0.542. The topological polar surface area (TPSA) is 61.4 Å². The van der Waals surface area contributed by atoms with Gasteiger partial charge in [-0.15, -0.1) is 0 Å². The van der Waals surface area contributed by atoms with Crippen molar-refractivity contribution in [1.29, 1.82) is 0 Å². The maximum absolute atomic E-state index is 12.5. The van der Waals surface area contributed by atoms with Crippen LogP contribution in [0.15, 0.2) is 18.2 Å². The molecule has 0 bridgehead atoms. The molecule has 30 heavy (non-hydrogen) atoms. The van der Waals surface area contributed by atoms with Crippen LogP contribution < -0.4 is 10.2 Å². The van der Waals surface area contributed by atoms with Crippen LogP contribution in [-0.2, 0) is 6.42 Å². The van der Waals surface area contributed by atoms with Crippen molar-refractivity contribution in [2.24, 2.45) is 0 Å². The molecule has 6 nitrogen and oxygen atoms in total. The first-order valence-electron chi connectivity index (χ1n) is 10.8. The van der Waals surface area contributed by atoms with Crippen LogP contribution in [-0.4, -0.2) is 52.6 Å². The number of amides is 2. The number of aryl methyl sites for hydroxylation is 4. The van der Waals surface area contributed by atoms with E-state index in [9.17, 15) is 4.79 Å². The van der Waals surface area contributed by atoms with Gasteiger partial charge in [0, 0.05) is 49.4 Å². The van der Waals surface area contributed by atoms with Crippen LogP contribution in [0.4, 0.5) is 10.6 Å². The standard InChI is InChI=1S/C24H35N5O/c1-16-8-9-17(2)20(14-16)15-21-18(3)25-19(4)26-22(21)28-10-12-29(13-11-28)23(30)27-24(5,6)7/h8-9,14H,10-13,15H2,1-7H3,(H,27,30). The van der Waals surface area contributed by atoms with Crippen LogP contribution in [0.5, 0.6) is 0 Å². The molecule has 0 aliphatic carbocycles. The lowest BCUT2D eigenvalue weighted by molar-refractivity contribution is 0.185. The number of nitrogens with one attached hydrogen (secondary N) is 1. The van der Waals surface area contributed by atoms with E-state index in [4.69, 9.17) is 4.98 Å². The van der Waals surface area contributed by atoms with Crippen molar-refractivity contribution in [1.82, 2.24) is 20.2 Å². The molecule has 1 saturated heterocycles. The molecule has 1 aliphatic rings. The molecule has 0 unspecified atom stereocenters. The van der Waals surface area contributed by atoms with Crippen molar-refractivity contribution in [3.8, 4) is 0 Å². The molecular formula is C24H35N5O. The summed E-state index contributed by atoms with van der Waals surface area (Å²) in [6.07, 6.45) is 0.819. The third-order valence-electron chi connectivity index (χ3n) is 5.52. The Morgan fingerprint density at radius 1 is 1.03 bits per heavy atom. The lowest BCUT2D eigenvalue weighted by Crippen LogP contribution is -2.55. The highest BCUT2D eigenvalue weighted by Crippen LogP contribution is 2.26. The van der Waals surface area contributed by atoms with Gasteiger partial charge in [0.2, 0.25) is 0 Å². The molecule has 2 amide bonds. The van der Waals surface area contributed by atoms with Crippen molar-refractivity contribution >= 4 is 11.8 Å². The Hall–Kier alpha value is -2.63. The van der Waals surface area contributed by atoms with Gasteiger partial charge < -0.3 is 15.1 Å². The summed E-state index contributed by atoms with van der Waals surface area (Å²) in [5.41, 5.74) is 5.85. The van der Waals surface area contributed by atoms with Gasteiger partial charge in [0.25, 0.3) is 0 Å². The van der Waals surface area contributed by atoms with Crippen molar-refractivity contribution in [3.05, 3.63) is 52.0 Å². The average molecular weight is 410 g/mol. The molecule has 1 N–H and O–H groups in total. The number of piperazine rings is 1. The van der Waals surface area contributed by atoms with E-state index in [1.54, 1.807) is 0 Å². The second kappa shape index (κ2) is 8.62. The van der Waals surface area contributed by atoms with Gasteiger partial charge in [-0.1, -0.05) is 23.8 Å². The lowest BCUT2D eigenvalue weighted by Gasteiger charge is -2.37. The molecule has 0 saturated carbocycles. The maximum atomic E-state index is 12.5. The third-order valence-corrected chi connectivity index (χ3v) is 5.52. The fourth-order valence-corrected chi connectivity index (χ4v) is 3.89. The minimum absolute atomic E-state index is 0.00723. The Labute approximate surface area is 180 Å². The number of carbonyl (C=O) groups is 1. The Kier molecular flexibility index (Phi) is 6.34. The number of rotatable bonds is 3. The predicted molar refractivity (Wildman–Crippen MR) is 122 cm³/mol. The van der Waals surface area contributed by atoms with Crippen molar-refractivity contribution in [2.45, 2.75) is 60.4 Å². The Balaban J connectivity index is 1.81. The quantitative estimate of drug-likeness (QED) is 0.834. The summed E-state index contributed by atoms with van der Waals surface area (Å²) in [7, 11) is 0. The smallest absolute Gasteiger partial charge is 0.317 e. The largest absolute Gasteiger partial charge is 0.353 e. The first kappa shape index (κ1) is 22.1. The van der Waals surface area contributed by atoms with E-state index in [1.807, 2.05) is 32.6 Å². The number of nitrogens with zero attached hydrogens (tertiary/aromatic N) is 4. The first-order valence-corrected chi connectivity index (χ1v) is 10.8. The molecule has 162 valence electrons. The molecule has 2 aromatic rings. The van der Waals surface area contributed by atoms with Gasteiger partial charge in [-0.05, 0) is 59.6 Å². The number of benzene rings is 1. The molecule has 2 heterocycles. The predicted octanol–water partition coefficient (Wildman–Crippen LogP) is 3.93. The molecule has 1 aromatic carbocycles. The fourth-order valence-electron chi connectivity index (χ4n) is 3.89. The van der Waals surface area contributed by atoms with E-state index in [2.05, 4.69) is 54.2 Å². The summed E-state index contributed by atoms with van der Waals surface area (Å²) in [5.74, 6) is 1.80. The van der Waals surface area contributed by atoms with Gasteiger partial charge in [-0.25, -0.2) is 14.8 Å². The summed E-state index contributed by atoms with van der Waals surface area (Å²) in [4.78, 5) is 26.2. The van der Waals surface area contributed by atoms with Crippen LogP contribution >= 0.6 is 0 Å². The highest BCUT2D eigenvalue weighted by molar-refractivity contribution is 5.75. The van der Waals surface area contributed by atoms with Gasteiger partial charge in [0.1, 0.15) is 11.6 Å². The molecule has 1 fully saturated rings. The van der Waals surface area contributed by atoms with Gasteiger partial charge in [-0.2, -0.15) is 0 Å². The lowest BCUT2D eigenvalue weighted by atomic mass is 9.97. The Morgan fingerprint density at radius 3 is 2.33 bits per heavy atom. The summed E-state index contributed by atoms with van der Waals surface area (Å²) in [5, 5.41) is 3.06. The highest BCUT2D eigenvalue weighted by atomic mass is 16.2. The molecule has 0 atom stereocenters. The van der Waals surface area contributed by atoms with Crippen molar-refractivity contribution < 1.29 is 4.79 Å². The number of hydrogen-bond donors (Lipinski definition) is 1. The van der Waals surface area contributed by atoms with E-state index in [0.717, 1.165) is 36.8 Å². The van der Waals surface area contributed by atoms with Gasteiger partial charge in [-0.3, -0.25) is 0 Å². The Bertz CT molecular complexity index is 924. The monoisotopic (exact) mass is 409 g/mol. The second-order valence-electron chi connectivity index (χ2n) is 9.42. The van der Waals surface area contributed by atoms with Crippen LogP contribution in [0.2, 0.25) is 0 Å². The summed E-state index contributed by atoms with van der Waals surface area (Å²) >= 11 is 0. The number of hydrogen-bond acceptors (Lipinski definition) is 4. The number of urea groups is 1. The highest BCUT2D eigenvalue weighted by Gasteiger charge is 2.26. The summed E-state index contributed by atoms with van der Waals surface area (Å²) in [6.45, 7) is 17.3. The van der Waals surface area contributed by atoms with E-state index in [-0.39, 0.29) is 11.6 Å². The molecule has 1 aromatic heterocycles. The zero-order valence-electron chi connectivity index (χ0n) is 19.5. The SMILES string of the molecule is Cc1ccc(C)c(Cc2c(C)nc(C)nc2N2CCN(C(=O)NC(C)(C)C)CC2)c1. The maximum Gasteiger partial charge on any atom is 0.317 e. The summed E-state index contributed by atoms with van der Waals surface area (Å²) in [6, 6.07) is 6.60. The van der Waals surface area contributed by atoms with Gasteiger partial charge in [0.15, 0.2) is 0 Å². The number of aromatic nitrogens is 2. The zero-order valence-corrected chi connectivity index (χ0v) is 19.5. The number of anilines is 1. The average Bonchev–Trinajstić information content (AvgIpc) is 2.65. The number of carbonyl (C=O) groups excluding carboxylic acids is 1. The molecular weight excluding hydrogens is 374 g/mol. The van der Waals surface area contributed by atoms with Gasteiger partial charge in [0.05, 0.1) is 0 Å². The van der Waals surface area contributed by atoms with Gasteiger partial charge >= 0.3 is 6.03 Å². The molecule has 0 radical (unpaired) electrons. The molecule has 1 aliphatic heterocycles. The normalized spacial score (nSPS) is 14.8. The minimum atomic E-state index is -0.228. The van der Waals surface area contributed by atoms with E-state index in [1.165, 1.54) is 22.3 Å². The second-order valence-corrected chi connectivity index (χ2v) is 9.42. The van der Waals surface area contributed by atoms with E-state index in [0.29, 0.717) is 13.1 Å². The molecule has 3 rings (SSSR count). The summed E-state index contributed by atoms with van der Waals surface area (Å²) < 4.78 is 0. The first-order chi connectivity index (χ1) is 14.0. The molecule has 0 spiro atoms. The van der Waals surface area contributed by atoms with Crippen molar-refractivity contribution in [2.75, 3.05) is 31.1 Å². The van der Waals surface area contributed by atoms with Crippen LogP contribution in [0.3, 0.4) is 0 Å². The third kappa shape index (κ3) is 5.29. The van der Waals surface area contributed by atoms with Crippen LogP contribution in [0, 0.1) is 27.7 Å². The minimum Gasteiger partial charge on any atom is -0.353 e. The van der Waals surface area contributed by atoms with Crippen LogP contribution in [0.1, 0.15) is 54.5 Å². The van der Waals surface area contributed by atoms with E-state index < -0.39 is 0 Å². The molecule has 6 heteroatoms. The van der Waals surface area contributed by atoms with Crippen LogP contribution in [0.25, 0.3) is 0 Å². The Morgan fingerprint density at radius 2 is 1.70 bits per heavy atom. The van der Waals surface area contributed by atoms with E-state index >= 15 is 0 Å².